The molecule has 0 unspecified atom stereocenters. The molecule has 6 nitrogen and oxygen atoms in total. The molecule has 1 aliphatic heterocycles. The molecule has 7 heteroatoms. The number of benzene rings is 1. The summed E-state index contributed by atoms with van der Waals surface area (Å²) in [7, 11) is 3.26. The van der Waals surface area contributed by atoms with Crippen molar-refractivity contribution in [3.05, 3.63) is 47.8 Å². The van der Waals surface area contributed by atoms with Gasteiger partial charge in [-0.25, -0.2) is 9.37 Å². The summed E-state index contributed by atoms with van der Waals surface area (Å²) in [4.78, 5) is 17.1. The van der Waals surface area contributed by atoms with E-state index in [2.05, 4.69) is 10.3 Å². The van der Waals surface area contributed by atoms with Crippen molar-refractivity contribution in [2.24, 2.45) is 13.0 Å². The third kappa shape index (κ3) is 3.66. The molecule has 1 aromatic heterocycles. The summed E-state index contributed by atoms with van der Waals surface area (Å²) < 4.78 is 26.7. The van der Waals surface area contributed by atoms with Crippen LogP contribution in [-0.4, -0.2) is 35.8 Å². The molecule has 25 heavy (non-hydrogen) atoms. The molecule has 0 bridgehead atoms. The number of rotatable bonds is 5. The monoisotopic (exact) mass is 347 g/mol. The second kappa shape index (κ2) is 7.65. The molecule has 1 atom stereocenters. The highest BCUT2D eigenvalue weighted by atomic mass is 19.1. The van der Waals surface area contributed by atoms with Gasteiger partial charge in [0.15, 0.2) is 11.6 Å². The van der Waals surface area contributed by atoms with Gasteiger partial charge < -0.3 is 19.4 Å². The maximum atomic E-state index is 14.4. The molecular weight excluding hydrogens is 325 g/mol. The number of nitrogens with zero attached hydrogens (tertiary/aromatic N) is 2. The fraction of sp³-hybridized carbons (Fsp3) is 0.444. The number of ether oxygens (including phenoxy) is 2. The van der Waals surface area contributed by atoms with Crippen LogP contribution in [0, 0.1) is 11.7 Å². The van der Waals surface area contributed by atoms with Gasteiger partial charge in [-0.05, 0) is 30.9 Å². The fourth-order valence-corrected chi connectivity index (χ4v) is 3.18. The van der Waals surface area contributed by atoms with Gasteiger partial charge >= 0.3 is 0 Å². The minimum atomic E-state index is -0.659. The average molecular weight is 347 g/mol. The summed E-state index contributed by atoms with van der Waals surface area (Å²) in [5.41, 5.74) is -0.0365. The van der Waals surface area contributed by atoms with Crippen LogP contribution in [0.3, 0.4) is 0 Å². The van der Waals surface area contributed by atoms with Gasteiger partial charge in [-0.15, -0.1) is 0 Å². The molecule has 0 saturated carbocycles. The van der Waals surface area contributed by atoms with Crippen LogP contribution in [0.1, 0.15) is 35.1 Å². The van der Waals surface area contributed by atoms with Crippen LogP contribution in [-0.2, 0) is 11.8 Å². The van der Waals surface area contributed by atoms with Gasteiger partial charge in [0.05, 0.1) is 18.7 Å². The Bertz CT molecular complexity index is 741. The van der Waals surface area contributed by atoms with E-state index >= 15 is 0 Å². The summed E-state index contributed by atoms with van der Waals surface area (Å²) in [5, 5.41) is 2.97. The molecule has 2 heterocycles. The van der Waals surface area contributed by atoms with Gasteiger partial charge in [-0.3, -0.25) is 4.79 Å². The highest BCUT2D eigenvalue weighted by Crippen LogP contribution is 2.30. The quantitative estimate of drug-likeness (QED) is 0.902. The highest BCUT2D eigenvalue weighted by Gasteiger charge is 2.30. The molecule has 1 N–H and O–H groups in total. The minimum Gasteiger partial charge on any atom is -0.494 e. The van der Waals surface area contributed by atoms with Crippen molar-refractivity contribution < 1.29 is 18.7 Å². The third-order valence-electron chi connectivity index (χ3n) is 4.59. The molecule has 0 aliphatic carbocycles. The Morgan fingerprint density at radius 3 is 2.84 bits per heavy atom. The van der Waals surface area contributed by atoms with Crippen LogP contribution in [0.15, 0.2) is 30.6 Å². The number of methoxy groups -OCH3 is 1. The Balaban J connectivity index is 1.87. The van der Waals surface area contributed by atoms with E-state index in [-0.39, 0.29) is 23.3 Å². The zero-order valence-corrected chi connectivity index (χ0v) is 14.4. The Morgan fingerprint density at radius 1 is 1.44 bits per heavy atom. The van der Waals surface area contributed by atoms with Crippen LogP contribution in [0.5, 0.6) is 5.75 Å². The first kappa shape index (κ1) is 17.4. The fourth-order valence-electron chi connectivity index (χ4n) is 3.18. The summed E-state index contributed by atoms with van der Waals surface area (Å²) in [6.07, 6.45) is 5.16. The molecular formula is C18H22FN3O3. The second-order valence-corrected chi connectivity index (χ2v) is 6.12. The van der Waals surface area contributed by atoms with Crippen molar-refractivity contribution in [1.29, 1.82) is 0 Å². The van der Waals surface area contributed by atoms with Crippen LogP contribution >= 0.6 is 0 Å². The first-order valence-electron chi connectivity index (χ1n) is 8.30. The Kier molecular flexibility index (Phi) is 5.33. The van der Waals surface area contributed by atoms with Gasteiger partial charge in [0.2, 0.25) is 0 Å². The largest absolute Gasteiger partial charge is 0.494 e. The SMILES string of the molecule is COc1cccc(C(=O)N[C@@H](c2nccn2C)C2CCOCC2)c1F. The maximum Gasteiger partial charge on any atom is 0.255 e. The maximum absolute atomic E-state index is 14.4. The zero-order valence-electron chi connectivity index (χ0n) is 14.4. The van der Waals surface area contributed by atoms with E-state index in [9.17, 15) is 9.18 Å². The van der Waals surface area contributed by atoms with E-state index in [1.807, 2.05) is 17.8 Å². The summed E-state index contributed by atoms with van der Waals surface area (Å²) in [6.45, 7) is 1.30. The molecule has 0 radical (unpaired) electrons. The number of halogens is 1. The van der Waals surface area contributed by atoms with Crippen molar-refractivity contribution in [3.8, 4) is 5.75 Å². The van der Waals surface area contributed by atoms with Crippen LogP contribution in [0.2, 0.25) is 0 Å². The summed E-state index contributed by atoms with van der Waals surface area (Å²) in [6, 6.07) is 4.23. The topological polar surface area (TPSA) is 65.4 Å². The first-order chi connectivity index (χ1) is 12.1. The number of carbonyl (C=O) groups is 1. The number of amides is 1. The molecule has 1 aliphatic rings. The molecule has 3 rings (SSSR count). The predicted octanol–water partition coefficient (Wildman–Crippen LogP) is 2.47. The average Bonchev–Trinajstić information content (AvgIpc) is 3.06. The lowest BCUT2D eigenvalue weighted by molar-refractivity contribution is 0.0498. The number of imidazole rings is 1. The highest BCUT2D eigenvalue weighted by molar-refractivity contribution is 5.95. The van der Waals surface area contributed by atoms with E-state index in [1.165, 1.54) is 19.2 Å². The van der Waals surface area contributed by atoms with Crippen molar-refractivity contribution in [1.82, 2.24) is 14.9 Å². The number of carbonyl (C=O) groups excluding carboxylic acids is 1. The lowest BCUT2D eigenvalue weighted by Crippen LogP contribution is -2.37. The van der Waals surface area contributed by atoms with Crippen LogP contribution < -0.4 is 10.1 Å². The van der Waals surface area contributed by atoms with E-state index in [0.717, 1.165) is 18.7 Å². The van der Waals surface area contributed by atoms with Crippen LogP contribution in [0.4, 0.5) is 4.39 Å². The summed E-state index contributed by atoms with van der Waals surface area (Å²) >= 11 is 0. The molecule has 0 spiro atoms. The number of aryl methyl sites for hydroxylation is 1. The molecule has 1 amide bonds. The second-order valence-electron chi connectivity index (χ2n) is 6.12. The number of aromatic nitrogens is 2. The van der Waals surface area contributed by atoms with E-state index in [4.69, 9.17) is 9.47 Å². The number of hydrogen-bond donors (Lipinski definition) is 1. The lowest BCUT2D eigenvalue weighted by atomic mass is 9.90. The predicted molar refractivity (Wildman–Crippen MR) is 89.9 cm³/mol. The number of nitrogens with one attached hydrogen (secondary N) is 1. The van der Waals surface area contributed by atoms with Gasteiger partial charge in [0.25, 0.3) is 5.91 Å². The van der Waals surface area contributed by atoms with Gasteiger partial charge in [-0.1, -0.05) is 6.07 Å². The lowest BCUT2D eigenvalue weighted by Gasteiger charge is -2.30. The van der Waals surface area contributed by atoms with E-state index in [1.54, 1.807) is 12.3 Å². The van der Waals surface area contributed by atoms with E-state index < -0.39 is 11.7 Å². The number of hydrogen-bond acceptors (Lipinski definition) is 4. The van der Waals surface area contributed by atoms with E-state index in [0.29, 0.717) is 13.2 Å². The van der Waals surface area contributed by atoms with Crippen molar-refractivity contribution in [3.63, 3.8) is 0 Å². The zero-order chi connectivity index (χ0) is 17.8. The van der Waals surface area contributed by atoms with Crippen molar-refractivity contribution >= 4 is 5.91 Å². The molecule has 2 aromatic rings. The minimum absolute atomic E-state index is 0.0365. The Labute approximate surface area is 146 Å². The third-order valence-corrected chi connectivity index (χ3v) is 4.59. The van der Waals surface area contributed by atoms with Gasteiger partial charge in [0, 0.05) is 32.7 Å². The molecule has 134 valence electrons. The smallest absolute Gasteiger partial charge is 0.255 e. The van der Waals surface area contributed by atoms with Crippen LogP contribution in [0.25, 0.3) is 0 Å². The van der Waals surface area contributed by atoms with Crippen molar-refractivity contribution in [2.45, 2.75) is 18.9 Å². The van der Waals surface area contributed by atoms with Crippen molar-refractivity contribution in [2.75, 3.05) is 20.3 Å². The van der Waals surface area contributed by atoms with Gasteiger partial charge in [0.1, 0.15) is 5.82 Å². The normalized spacial score (nSPS) is 16.4. The molecule has 1 saturated heterocycles. The molecule has 1 fully saturated rings. The Hall–Kier alpha value is -2.41. The first-order valence-corrected chi connectivity index (χ1v) is 8.30. The molecule has 1 aromatic carbocycles. The summed E-state index contributed by atoms with van der Waals surface area (Å²) in [5.74, 6) is -0.146. The Morgan fingerprint density at radius 2 is 2.20 bits per heavy atom. The van der Waals surface area contributed by atoms with Gasteiger partial charge in [-0.2, -0.15) is 0 Å². The standard InChI is InChI=1S/C18H22FN3O3/c1-22-9-8-20-17(22)16(12-6-10-25-11-7-12)21-18(23)13-4-3-5-14(24-2)15(13)19/h3-5,8-9,12,16H,6-7,10-11H2,1-2H3,(H,21,23)/t16-/m1/s1.